The summed E-state index contributed by atoms with van der Waals surface area (Å²) in [6.07, 6.45) is -6.25. The summed E-state index contributed by atoms with van der Waals surface area (Å²) in [6.45, 7) is 3.61. The van der Waals surface area contributed by atoms with Crippen molar-refractivity contribution < 1.29 is 35.9 Å². The summed E-state index contributed by atoms with van der Waals surface area (Å²) in [5.74, 6) is -1.89. The Morgan fingerprint density at radius 3 is 2.09 bits per heavy atom. The van der Waals surface area contributed by atoms with Crippen LogP contribution in [0.4, 0.5) is 37.7 Å². The van der Waals surface area contributed by atoms with E-state index in [1.54, 1.807) is 12.2 Å². The number of benzene rings is 2. The van der Waals surface area contributed by atoms with Crippen molar-refractivity contribution in [2.45, 2.75) is 39.0 Å². The Balaban J connectivity index is 1.73. The van der Waals surface area contributed by atoms with Crippen LogP contribution < -0.4 is 10.2 Å². The second-order valence-corrected chi connectivity index (χ2v) is 9.03. The number of aryl methyl sites for hydroxylation is 2. The Hall–Kier alpha value is -3.30. The molecule has 1 unspecified atom stereocenters. The lowest BCUT2D eigenvalue weighted by atomic mass is 9.70. The fraction of sp³-hybridized carbons (Fsp3) is 0.360. The SMILES string of the molecule is Cc1cccc(C)c1N1C[C@]2(C(=O)Nc3cc(C(F)(F)F)cc(C(F)(F)F)c3)CC=CCC2C1=O. The van der Waals surface area contributed by atoms with Crippen molar-refractivity contribution in [3.63, 3.8) is 0 Å². The van der Waals surface area contributed by atoms with Crippen molar-refractivity contribution in [3.05, 3.63) is 70.8 Å². The summed E-state index contributed by atoms with van der Waals surface area (Å²) < 4.78 is 79.6. The molecule has 0 bridgehead atoms. The molecule has 10 heteroatoms. The van der Waals surface area contributed by atoms with Gasteiger partial charge in [-0.25, -0.2) is 0 Å². The van der Waals surface area contributed by atoms with E-state index in [0.717, 1.165) is 11.1 Å². The van der Waals surface area contributed by atoms with Gasteiger partial charge in [-0.2, -0.15) is 26.3 Å². The van der Waals surface area contributed by atoms with Crippen LogP contribution >= 0.6 is 0 Å². The van der Waals surface area contributed by atoms with E-state index in [2.05, 4.69) is 5.32 Å². The van der Waals surface area contributed by atoms with Gasteiger partial charge in [-0.15, -0.1) is 0 Å². The third kappa shape index (κ3) is 4.41. The molecule has 1 N–H and O–H groups in total. The molecule has 2 aromatic rings. The van der Waals surface area contributed by atoms with E-state index in [-0.39, 0.29) is 31.4 Å². The number of allylic oxidation sites excluding steroid dienone is 2. The minimum Gasteiger partial charge on any atom is -0.325 e. The fourth-order valence-electron chi connectivity index (χ4n) is 4.98. The van der Waals surface area contributed by atoms with Gasteiger partial charge in [-0.05, 0) is 56.0 Å². The summed E-state index contributed by atoms with van der Waals surface area (Å²) in [5, 5.41) is 2.27. The van der Waals surface area contributed by atoms with E-state index < -0.39 is 46.4 Å². The third-order valence-electron chi connectivity index (χ3n) is 6.70. The topological polar surface area (TPSA) is 49.4 Å². The van der Waals surface area contributed by atoms with E-state index in [9.17, 15) is 35.9 Å². The number of rotatable bonds is 3. The zero-order chi connectivity index (χ0) is 25.8. The van der Waals surface area contributed by atoms with Gasteiger partial charge in [-0.1, -0.05) is 30.4 Å². The van der Waals surface area contributed by atoms with E-state index in [1.807, 2.05) is 32.0 Å². The maximum atomic E-state index is 13.5. The van der Waals surface area contributed by atoms with Crippen LogP contribution in [0.25, 0.3) is 0 Å². The molecule has 0 radical (unpaired) electrons. The number of halogens is 6. The molecule has 1 aliphatic heterocycles. The molecule has 2 atom stereocenters. The number of para-hydroxylation sites is 1. The first kappa shape index (κ1) is 24.8. The van der Waals surface area contributed by atoms with Gasteiger partial charge >= 0.3 is 12.4 Å². The Morgan fingerprint density at radius 1 is 0.971 bits per heavy atom. The number of fused-ring (bicyclic) bond motifs is 1. The highest BCUT2D eigenvalue weighted by atomic mass is 19.4. The predicted octanol–water partition coefficient (Wildman–Crippen LogP) is 6.28. The van der Waals surface area contributed by atoms with E-state index in [4.69, 9.17) is 0 Å². The van der Waals surface area contributed by atoms with Gasteiger partial charge in [0.05, 0.1) is 22.5 Å². The number of anilines is 2. The normalized spacial score (nSPS) is 22.3. The summed E-state index contributed by atoms with van der Waals surface area (Å²) in [5.41, 5.74) is -2.75. The molecule has 35 heavy (non-hydrogen) atoms. The van der Waals surface area contributed by atoms with Crippen LogP contribution in [0.1, 0.15) is 35.1 Å². The molecular formula is C25H22F6N2O2. The Morgan fingerprint density at radius 2 is 1.54 bits per heavy atom. The fourth-order valence-corrected chi connectivity index (χ4v) is 4.98. The molecule has 2 aliphatic rings. The Labute approximate surface area is 197 Å². The van der Waals surface area contributed by atoms with Crippen LogP contribution in [0.15, 0.2) is 48.6 Å². The predicted molar refractivity (Wildman–Crippen MR) is 118 cm³/mol. The van der Waals surface area contributed by atoms with Crippen LogP contribution in [-0.4, -0.2) is 18.4 Å². The summed E-state index contributed by atoms with van der Waals surface area (Å²) in [6, 6.07) is 6.42. The van der Waals surface area contributed by atoms with E-state index in [0.29, 0.717) is 17.8 Å². The molecule has 4 rings (SSSR count). The lowest BCUT2D eigenvalue weighted by Gasteiger charge is -2.33. The Bertz CT molecular complexity index is 1160. The number of amides is 2. The average Bonchev–Trinajstić information content (AvgIpc) is 3.06. The molecule has 4 nitrogen and oxygen atoms in total. The highest BCUT2D eigenvalue weighted by Gasteiger charge is 2.57. The van der Waals surface area contributed by atoms with Crippen LogP contribution in [-0.2, 0) is 21.9 Å². The van der Waals surface area contributed by atoms with Gasteiger partial charge in [0.2, 0.25) is 11.8 Å². The van der Waals surface area contributed by atoms with Gasteiger partial charge < -0.3 is 10.2 Å². The standard InChI is InChI=1S/C25H22F6N2O2/c1-14-6-5-7-15(2)20(14)33-13-23(9-4-3-8-19(23)21(33)34)22(35)32-18-11-16(24(26,27)28)10-17(12-18)25(29,30)31/h3-7,10-12,19H,8-9,13H2,1-2H3,(H,32,35)/t19?,23-/m1/s1. The summed E-state index contributed by atoms with van der Waals surface area (Å²) in [7, 11) is 0. The molecular weight excluding hydrogens is 474 g/mol. The van der Waals surface area contributed by atoms with Gasteiger partial charge in [0, 0.05) is 17.9 Å². The summed E-state index contributed by atoms with van der Waals surface area (Å²) in [4.78, 5) is 28.4. The number of carbonyl (C=O) groups excluding carboxylic acids is 2. The first-order valence-electron chi connectivity index (χ1n) is 10.9. The molecule has 1 heterocycles. The molecule has 1 fully saturated rings. The molecule has 2 amide bonds. The average molecular weight is 496 g/mol. The number of hydrogen-bond donors (Lipinski definition) is 1. The maximum Gasteiger partial charge on any atom is 0.416 e. The minimum atomic E-state index is -5.04. The highest BCUT2D eigenvalue weighted by molar-refractivity contribution is 6.08. The first-order chi connectivity index (χ1) is 16.2. The largest absolute Gasteiger partial charge is 0.416 e. The molecule has 2 aromatic carbocycles. The van der Waals surface area contributed by atoms with Crippen molar-refractivity contribution in [2.75, 3.05) is 16.8 Å². The lowest BCUT2D eigenvalue weighted by Crippen LogP contribution is -2.44. The van der Waals surface area contributed by atoms with Crippen molar-refractivity contribution >= 4 is 23.2 Å². The molecule has 0 saturated carbocycles. The first-order valence-corrected chi connectivity index (χ1v) is 10.9. The second-order valence-electron chi connectivity index (χ2n) is 9.03. The third-order valence-corrected chi connectivity index (χ3v) is 6.70. The minimum absolute atomic E-state index is 0.00186. The maximum absolute atomic E-state index is 13.5. The zero-order valence-electron chi connectivity index (χ0n) is 18.8. The molecule has 186 valence electrons. The van der Waals surface area contributed by atoms with Crippen molar-refractivity contribution in [3.8, 4) is 0 Å². The second kappa shape index (κ2) is 8.42. The lowest BCUT2D eigenvalue weighted by molar-refractivity contribution is -0.143. The number of nitrogens with zero attached hydrogens (tertiary/aromatic N) is 1. The number of alkyl halides is 6. The molecule has 0 aromatic heterocycles. The van der Waals surface area contributed by atoms with Crippen molar-refractivity contribution in [2.24, 2.45) is 11.3 Å². The van der Waals surface area contributed by atoms with Crippen LogP contribution in [0.3, 0.4) is 0 Å². The van der Waals surface area contributed by atoms with E-state index >= 15 is 0 Å². The van der Waals surface area contributed by atoms with E-state index in [1.165, 1.54) is 4.90 Å². The van der Waals surface area contributed by atoms with Crippen LogP contribution in [0, 0.1) is 25.2 Å². The smallest absolute Gasteiger partial charge is 0.325 e. The van der Waals surface area contributed by atoms with Gasteiger partial charge in [0.1, 0.15) is 0 Å². The number of carbonyl (C=O) groups is 2. The quantitative estimate of drug-likeness (QED) is 0.402. The zero-order valence-corrected chi connectivity index (χ0v) is 18.8. The molecule has 1 aliphatic carbocycles. The highest BCUT2D eigenvalue weighted by Crippen LogP contribution is 2.48. The molecule has 1 saturated heterocycles. The van der Waals surface area contributed by atoms with Crippen LogP contribution in [0.2, 0.25) is 0 Å². The van der Waals surface area contributed by atoms with Crippen LogP contribution in [0.5, 0.6) is 0 Å². The van der Waals surface area contributed by atoms with Crippen molar-refractivity contribution in [1.82, 2.24) is 0 Å². The van der Waals surface area contributed by atoms with Crippen molar-refractivity contribution in [1.29, 1.82) is 0 Å². The number of nitrogens with one attached hydrogen (secondary N) is 1. The van der Waals surface area contributed by atoms with Gasteiger partial charge in [0.25, 0.3) is 0 Å². The summed E-state index contributed by atoms with van der Waals surface area (Å²) >= 11 is 0. The Kier molecular flexibility index (Phi) is 5.97. The molecule has 0 spiro atoms. The monoisotopic (exact) mass is 496 g/mol. The van der Waals surface area contributed by atoms with Gasteiger partial charge in [-0.3, -0.25) is 9.59 Å². The van der Waals surface area contributed by atoms with Gasteiger partial charge in [0.15, 0.2) is 0 Å². The number of hydrogen-bond acceptors (Lipinski definition) is 2.